The van der Waals surface area contributed by atoms with Crippen molar-refractivity contribution in [3.63, 3.8) is 0 Å². The summed E-state index contributed by atoms with van der Waals surface area (Å²) in [4.78, 5) is 12.1. The van der Waals surface area contributed by atoms with E-state index >= 15 is 0 Å². The van der Waals surface area contributed by atoms with Crippen molar-refractivity contribution in [3.05, 3.63) is 52.1 Å². The highest BCUT2D eigenvalue weighted by Crippen LogP contribution is 2.18. The van der Waals surface area contributed by atoms with E-state index in [1.54, 1.807) is 0 Å². The summed E-state index contributed by atoms with van der Waals surface area (Å²) < 4.78 is 15.6. The third-order valence-electron chi connectivity index (χ3n) is 3.39. The van der Waals surface area contributed by atoms with Crippen LogP contribution in [0.1, 0.15) is 28.7 Å². The predicted molar refractivity (Wildman–Crippen MR) is 84.6 cm³/mol. The van der Waals surface area contributed by atoms with Gasteiger partial charge >= 0.3 is 0 Å². The van der Waals surface area contributed by atoms with E-state index in [4.69, 9.17) is 11.6 Å². The minimum absolute atomic E-state index is 0.109. The molecule has 0 aliphatic heterocycles. The Hall–Kier alpha value is -1.88. The molecule has 1 heterocycles. The molecule has 6 heteroatoms. The van der Waals surface area contributed by atoms with Gasteiger partial charge in [0.05, 0.1) is 16.3 Å². The Bertz CT molecular complexity index is 664. The molecule has 0 radical (unpaired) electrons. The van der Waals surface area contributed by atoms with E-state index in [-0.39, 0.29) is 16.5 Å². The highest BCUT2D eigenvalue weighted by Gasteiger charge is 2.16. The molecule has 1 N–H and O–H groups in total. The third kappa shape index (κ3) is 3.85. The minimum atomic E-state index is -0.615. The van der Waals surface area contributed by atoms with Crippen LogP contribution in [-0.4, -0.2) is 22.2 Å². The van der Waals surface area contributed by atoms with Gasteiger partial charge in [0.1, 0.15) is 5.82 Å². The molecule has 2 aromatic rings. The molecule has 1 amide bonds. The summed E-state index contributed by atoms with van der Waals surface area (Å²) in [5, 5.41) is 7.22. The fraction of sp³-hybridized carbons (Fsp3) is 0.375. The highest BCUT2D eigenvalue weighted by atomic mass is 35.5. The average molecular weight is 324 g/mol. The van der Waals surface area contributed by atoms with E-state index in [2.05, 4.69) is 10.4 Å². The lowest BCUT2D eigenvalue weighted by molar-refractivity contribution is 0.0942. The van der Waals surface area contributed by atoms with Crippen LogP contribution in [0.2, 0.25) is 5.02 Å². The molecular formula is C16H19ClFN3O. The van der Waals surface area contributed by atoms with E-state index in [9.17, 15) is 9.18 Å². The van der Waals surface area contributed by atoms with Crippen LogP contribution in [0.25, 0.3) is 0 Å². The fourth-order valence-electron chi connectivity index (χ4n) is 2.29. The van der Waals surface area contributed by atoms with Crippen LogP contribution in [-0.2, 0) is 6.54 Å². The molecule has 118 valence electrons. The number of amides is 1. The number of aryl methyl sites for hydroxylation is 2. The Morgan fingerprint density at radius 1 is 1.45 bits per heavy atom. The van der Waals surface area contributed by atoms with Gasteiger partial charge in [0, 0.05) is 18.8 Å². The zero-order chi connectivity index (χ0) is 16.3. The highest BCUT2D eigenvalue weighted by molar-refractivity contribution is 6.33. The van der Waals surface area contributed by atoms with Crippen LogP contribution in [0.5, 0.6) is 0 Å². The summed E-state index contributed by atoms with van der Waals surface area (Å²) in [5.41, 5.74) is 1.93. The number of halogens is 2. The van der Waals surface area contributed by atoms with Crippen LogP contribution < -0.4 is 5.32 Å². The fourth-order valence-corrected chi connectivity index (χ4v) is 2.54. The molecule has 1 atom stereocenters. The number of nitrogens with one attached hydrogen (secondary N) is 1. The lowest BCUT2D eigenvalue weighted by atomic mass is 10.1. The Kier molecular flexibility index (Phi) is 5.19. The first kappa shape index (κ1) is 16.5. The lowest BCUT2D eigenvalue weighted by Gasteiger charge is -2.14. The first-order valence-electron chi connectivity index (χ1n) is 7.11. The quantitative estimate of drug-likeness (QED) is 0.917. The van der Waals surface area contributed by atoms with Gasteiger partial charge < -0.3 is 5.32 Å². The van der Waals surface area contributed by atoms with Gasteiger partial charge in [-0.3, -0.25) is 9.48 Å². The summed E-state index contributed by atoms with van der Waals surface area (Å²) >= 11 is 5.88. The zero-order valence-corrected chi connectivity index (χ0v) is 13.6. The number of benzene rings is 1. The Balaban J connectivity index is 1.95. The van der Waals surface area contributed by atoms with E-state index in [0.717, 1.165) is 11.4 Å². The Labute approximate surface area is 134 Å². The van der Waals surface area contributed by atoms with Crippen LogP contribution in [0.3, 0.4) is 0 Å². The predicted octanol–water partition coefficient (Wildman–Crippen LogP) is 3.36. The lowest BCUT2D eigenvalue weighted by Crippen LogP contribution is -2.31. The summed E-state index contributed by atoms with van der Waals surface area (Å²) in [6, 6.07) is 6.20. The van der Waals surface area contributed by atoms with E-state index in [1.165, 1.54) is 18.2 Å². The van der Waals surface area contributed by atoms with Crippen molar-refractivity contribution in [3.8, 4) is 0 Å². The molecule has 22 heavy (non-hydrogen) atoms. The largest absolute Gasteiger partial charge is 0.352 e. The molecule has 0 saturated carbocycles. The van der Waals surface area contributed by atoms with E-state index in [0.29, 0.717) is 13.1 Å². The van der Waals surface area contributed by atoms with Crippen molar-refractivity contribution in [2.45, 2.75) is 27.3 Å². The molecule has 0 unspecified atom stereocenters. The van der Waals surface area contributed by atoms with E-state index < -0.39 is 11.7 Å². The maximum atomic E-state index is 13.7. The first-order valence-corrected chi connectivity index (χ1v) is 7.49. The number of carbonyl (C=O) groups is 1. The summed E-state index contributed by atoms with van der Waals surface area (Å²) in [6.07, 6.45) is 0. The number of nitrogens with zero attached hydrogens (tertiary/aromatic N) is 2. The Morgan fingerprint density at radius 2 is 2.18 bits per heavy atom. The maximum absolute atomic E-state index is 13.7. The van der Waals surface area contributed by atoms with Crippen LogP contribution in [0.4, 0.5) is 4.39 Å². The molecule has 0 spiro atoms. The van der Waals surface area contributed by atoms with Crippen molar-refractivity contribution in [1.29, 1.82) is 0 Å². The van der Waals surface area contributed by atoms with Gasteiger partial charge in [0.2, 0.25) is 0 Å². The van der Waals surface area contributed by atoms with Gasteiger partial charge in [-0.25, -0.2) is 4.39 Å². The van der Waals surface area contributed by atoms with Crippen molar-refractivity contribution >= 4 is 17.5 Å². The molecule has 0 aliphatic rings. The molecule has 2 rings (SSSR count). The second kappa shape index (κ2) is 6.92. The third-order valence-corrected chi connectivity index (χ3v) is 3.70. The monoisotopic (exact) mass is 323 g/mol. The summed E-state index contributed by atoms with van der Waals surface area (Å²) in [6.45, 7) is 7.03. The van der Waals surface area contributed by atoms with Gasteiger partial charge in [0.15, 0.2) is 0 Å². The van der Waals surface area contributed by atoms with Crippen LogP contribution in [0, 0.1) is 25.6 Å². The maximum Gasteiger partial charge on any atom is 0.255 e. The molecule has 0 bridgehead atoms. The molecule has 0 fully saturated rings. The summed E-state index contributed by atoms with van der Waals surface area (Å²) in [7, 11) is 0. The molecular weight excluding hydrogens is 305 g/mol. The number of rotatable bonds is 5. The van der Waals surface area contributed by atoms with Crippen LogP contribution in [0.15, 0.2) is 24.3 Å². The van der Waals surface area contributed by atoms with E-state index in [1.807, 2.05) is 31.5 Å². The van der Waals surface area contributed by atoms with Crippen molar-refractivity contribution < 1.29 is 9.18 Å². The number of aromatic nitrogens is 2. The minimum Gasteiger partial charge on any atom is -0.352 e. The second-order valence-electron chi connectivity index (χ2n) is 5.52. The number of hydrogen-bond acceptors (Lipinski definition) is 2. The standard InChI is InChI=1S/C16H19ClFN3O/c1-10(9-21-12(3)7-11(2)20-21)8-19-16(22)15-13(17)5-4-6-14(15)18/h4-7,10H,8-9H2,1-3H3,(H,19,22)/t10-/m0/s1. The zero-order valence-electron chi connectivity index (χ0n) is 12.9. The molecule has 0 aliphatic carbocycles. The molecule has 4 nitrogen and oxygen atoms in total. The Morgan fingerprint density at radius 3 is 2.77 bits per heavy atom. The molecule has 1 aromatic heterocycles. The van der Waals surface area contributed by atoms with Gasteiger partial charge in [0.25, 0.3) is 5.91 Å². The summed E-state index contributed by atoms with van der Waals surface area (Å²) in [5.74, 6) is -0.952. The normalized spacial score (nSPS) is 12.2. The van der Waals surface area contributed by atoms with Crippen LogP contribution >= 0.6 is 11.6 Å². The van der Waals surface area contributed by atoms with Crippen molar-refractivity contribution in [2.24, 2.45) is 5.92 Å². The topological polar surface area (TPSA) is 46.9 Å². The molecule has 0 saturated heterocycles. The van der Waals surface area contributed by atoms with Gasteiger partial charge in [-0.05, 0) is 38.0 Å². The van der Waals surface area contributed by atoms with Gasteiger partial charge in [-0.2, -0.15) is 5.10 Å². The number of carbonyl (C=O) groups excluding carboxylic acids is 1. The van der Waals surface area contributed by atoms with Gasteiger partial charge in [-0.15, -0.1) is 0 Å². The SMILES string of the molecule is Cc1cc(C)n(C[C@@H](C)CNC(=O)c2c(F)cccc2Cl)n1. The first-order chi connectivity index (χ1) is 10.4. The van der Waals surface area contributed by atoms with Gasteiger partial charge in [-0.1, -0.05) is 24.6 Å². The van der Waals surface area contributed by atoms with Crippen molar-refractivity contribution in [2.75, 3.05) is 6.54 Å². The average Bonchev–Trinajstić information content (AvgIpc) is 2.74. The second-order valence-corrected chi connectivity index (χ2v) is 5.93. The molecule has 1 aromatic carbocycles. The smallest absolute Gasteiger partial charge is 0.255 e. The number of hydrogen-bond donors (Lipinski definition) is 1. The van der Waals surface area contributed by atoms with Crippen molar-refractivity contribution in [1.82, 2.24) is 15.1 Å².